The molecule has 0 aliphatic rings. The Bertz CT molecular complexity index is 623. The predicted octanol–water partition coefficient (Wildman–Crippen LogP) is 3.92. The van der Waals surface area contributed by atoms with Gasteiger partial charge in [0.2, 0.25) is 5.91 Å². The smallest absolute Gasteiger partial charge is 0.248 e. The summed E-state index contributed by atoms with van der Waals surface area (Å²) in [6, 6.07) is 8.92. The van der Waals surface area contributed by atoms with Gasteiger partial charge in [-0.05, 0) is 45.8 Å². The number of carbonyl (C=O) groups excluding carboxylic acids is 1. The van der Waals surface area contributed by atoms with E-state index in [0.29, 0.717) is 10.2 Å². The van der Waals surface area contributed by atoms with Gasteiger partial charge in [0.1, 0.15) is 12.4 Å². The lowest BCUT2D eigenvalue weighted by atomic mass is 10.2. The van der Waals surface area contributed by atoms with E-state index in [1.807, 2.05) is 0 Å². The first-order chi connectivity index (χ1) is 9.47. The van der Waals surface area contributed by atoms with Gasteiger partial charge in [-0.2, -0.15) is 0 Å². The second-order valence-corrected chi connectivity index (χ2v) is 5.31. The van der Waals surface area contributed by atoms with Crippen LogP contribution < -0.4 is 10.5 Å². The summed E-state index contributed by atoms with van der Waals surface area (Å²) in [6.45, 7) is 0.231. The molecule has 0 aliphatic carbocycles. The molecule has 0 unspecified atom stereocenters. The van der Waals surface area contributed by atoms with Crippen LogP contribution in [0.25, 0.3) is 0 Å². The Morgan fingerprint density at radius 2 is 1.95 bits per heavy atom. The van der Waals surface area contributed by atoms with Crippen LogP contribution in [0.1, 0.15) is 15.9 Å². The molecule has 2 aromatic rings. The Kier molecular flexibility index (Phi) is 4.62. The van der Waals surface area contributed by atoms with Crippen LogP contribution in [0.15, 0.2) is 40.9 Å². The molecule has 0 aromatic heterocycles. The monoisotopic (exact) mass is 357 g/mol. The lowest BCUT2D eigenvalue weighted by Crippen LogP contribution is -2.11. The first-order valence-electron chi connectivity index (χ1n) is 5.63. The maximum absolute atomic E-state index is 12.8. The molecule has 104 valence electrons. The number of ether oxygens (including phenoxy) is 1. The highest BCUT2D eigenvalue weighted by Crippen LogP contribution is 2.35. The van der Waals surface area contributed by atoms with Crippen LogP contribution in [0.3, 0.4) is 0 Å². The average Bonchev–Trinajstić information content (AvgIpc) is 2.39. The van der Waals surface area contributed by atoms with Gasteiger partial charge in [-0.1, -0.05) is 23.7 Å². The summed E-state index contributed by atoms with van der Waals surface area (Å²) < 4.78 is 18.9. The number of rotatable bonds is 4. The normalized spacial score (nSPS) is 10.3. The number of halogens is 3. The summed E-state index contributed by atoms with van der Waals surface area (Å²) >= 11 is 9.32. The van der Waals surface area contributed by atoms with Crippen molar-refractivity contribution < 1.29 is 13.9 Å². The standard InChI is InChI=1S/C14H10BrClFNO2/c15-11-5-9(14(18)19)6-12(16)13(11)20-7-8-1-3-10(17)4-2-8/h1-6H,7H2,(H2,18,19). The van der Waals surface area contributed by atoms with Gasteiger partial charge in [0.15, 0.2) is 5.75 Å². The van der Waals surface area contributed by atoms with Gasteiger partial charge in [-0.3, -0.25) is 4.79 Å². The molecule has 0 saturated carbocycles. The lowest BCUT2D eigenvalue weighted by Gasteiger charge is -2.11. The van der Waals surface area contributed by atoms with E-state index < -0.39 is 5.91 Å². The van der Waals surface area contributed by atoms with Crippen LogP contribution in [0, 0.1) is 5.82 Å². The van der Waals surface area contributed by atoms with Crippen LogP contribution in [0.5, 0.6) is 5.75 Å². The minimum absolute atomic E-state index is 0.231. The number of benzene rings is 2. The van der Waals surface area contributed by atoms with Gasteiger partial charge >= 0.3 is 0 Å². The molecular formula is C14H10BrClFNO2. The first-order valence-corrected chi connectivity index (χ1v) is 6.80. The molecule has 20 heavy (non-hydrogen) atoms. The highest BCUT2D eigenvalue weighted by molar-refractivity contribution is 9.10. The Balaban J connectivity index is 2.17. The summed E-state index contributed by atoms with van der Waals surface area (Å²) in [5.74, 6) is -0.475. The molecule has 0 atom stereocenters. The van der Waals surface area contributed by atoms with Crippen molar-refractivity contribution in [3.8, 4) is 5.75 Å². The summed E-state index contributed by atoms with van der Waals surface area (Å²) in [7, 11) is 0. The molecule has 2 N–H and O–H groups in total. The molecule has 6 heteroatoms. The molecule has 0 saturated heterocycles. The molecule has 0 radical (unpaired) electrons. The van der Waals surface area contributed by atoms with Crippen LogP contribution in [0.2, 0.25) is 5.02 Å². The van der Waals surface area contributed by atoms with Crippen molar-refractivity contribution in [2.75, 3.05) is 0 Å². The summed E-state index contributed by atoms with van der Waals surface area (Å²) in [5, 5.41) is 0.273. The lowest BCUT2D eigenvalue weighted by molar-refractivity contribution is 0.1000. The highest BCUT2D eigenvalue weighted by atomic mass is 79.9. The maximum atomic E-state index is 12.8. The van der Waals surface area contributed by atoms with E-state index >= 15 is 0 Å². The predicted molar refractivity (Wildman–Crippen MR) is 78.4 cm³/mol. The average molecular weight is 359 g/mol. The minimum atomic E-state index is -0.572. The summed E-state index contributed by atoms with van der Waals surface area (Å²) in [5.41, 5.74) is 6.27. The van der Waals surface area contributed by atoms with Gasteiger partial charge in [0.25, 0.3) is 0 Å². The molecule has 3 nitrogen and oxygen atoms in total. The van der Waals surface area contributed by atoms with E-state index in [9.17, 15) is 9.18 Å². The SMILES string of the molecule is NC(=O)c1cc(Cl)c(OCc2ccc(F)cc2)c(Br)c1. The van der Waals surface area contributed by atoms with Crippen LogP contribution in [0.4, 0.5) is 4.39 Å². The van der Waals surface area contributed by atoms with Gasteiger partial charge in [-0.25, -0.2) is 4.39 Å². The number of hydrogen-bond acceptors (Lipinski definition) is 2. The van der Waals surface area contributed by atoms with Crippen molar-refractivity contribution in [2.45, 2.75) is 6.61 Å². The van der Waals surface area contributed by atoms with Crippen LogP contribution >= 0.6 is 27.5 Å². The fourth-order valence-corrected chi connectivity index (χ4v) is 2.54. The van der Waals surface area contributed by atoms with Gasteiger partial charge < -0.3 is 10.5 Å². The summed E-state index contributed by atoms with van der Waals surface area (Å²) in [4.78, 5) is 11.1. The Morgan fingerprint density at radius 3 is 2.50 bits per heavy atom. The summed E-state index contributed by atoms with van der Waals surface area (Å²) in [6.07, 6.45) is 0. The topological polar surface area (TPSA) is 52.3 Å². The van der Waals surface area contributed by atoms with Crippen molar-refractivity contribution in [3.63, 3.8) is 0 Å². The van der Waals surface area contributed by atoms with E-state index in [4.69, 9.17) is 22.1 Å². The second kappa shape index (κ2) is 6.24. The van der Waals surface area contributed by atoms with E-state index in [-0.39, 0.29) is 23.0 Å². The molecule has 0 bridgehead atoms. The van der Waals surface area contributed by atoms with Gasteiger partial charge in [0, 0.05) is 5.56 Å². The quantitative estimate of drug-likeness (QED) is 0.900. The number of hydrogen-bond donors (Lipinski definition) is 1. The molecule has 0 heterocycles. The first kappa shape index (κ1) is 14.8. The molecule has 0 aliphatic heterocycles. The zero-order valence-electron chi connectivity index (χ0n) is 10.2. The fraction of sp³-hybridized carbons (Fsp3) is 0.0714. The third kappa shape index (κ3) is 3.49. The minimum Gasteiger partial charge on any atom is -0.486 e. The van der Waals surface area contributed by atoms with Crippen LogP contribution in [-0.2, 0) is 6.61 Å². The highest BCUT2D eigenvalue weighted by Gasteiger charge is 2.12. The zero-order chi connectivity index (χ0) is 14.7. The molecule has 0 spiro atoms. The number of amides is 1. The van der Waals surface area contributed by atoms with Crippen molar-refractivity contribution in [1.82, 2.24) is 0 Å². The molecule has 2 aromatic carbocycles. The number of carbonyl (C=O) groups is 1. The van der Waals surface area contributed by atoms with Gasteiger partial charge in [-0.15, -0.1) is 0 Å². The van der Waals surface area contributed by atoms with E-state index in [2.05, 4.69) is 15.9 Å². The third-order valence-corrected chi connectivity index (χ3v) is 3.45. The van der Waals surface area contributed by atoms with Crippen LogP contribution in [-0.4, -0.2) is 5.91 Å². The molecule has 0 fully saturated rings. The Morgan fingerprint density at radius 1 is 1.30 bits per heavy atom. The zero-order valence-corrected chi connectivity index (χ0v) is 12.5. The fourth-order valence-electron chi connectivity index (χ4n) is 1.58. The number of primary amides is 1. The third-order valence-electron chi connectivity index (χ3n) is 2.58. The number of nitrogens with two attached hydrogens (primary N) is 1. The Labute approximate surface area is 128 Å². The maximum Gasteiger partial charge on any atom is 0.248 e. The molecule has 1 amide bonds. The van der Waals surface area contributed by atoms with Gasteiger partial charge in [0.05, 0.1) is 9.50 Å². The molecular weight excluding hydrogens is 349 g/mol. The van der Waals surface area contributed by atoms with Crippen molar-refractivity contribution in [1.29, 1.82) is 0 Å². The van der Waals surface area contributed by atoms with E-state index in [1.54, 1.807) is 12.1 Å². The van der Waals surface area contributed by atoms with Crippen molar-refractivity contribution in [3.05, 3.63) is 62.8 Å². The van der Waals surface area contributed by atoms with E-state index in [0.717, 1.165) is 5.56 Å². The second-order valence-electron chi connectivity index (χ2n) is 4.05. The van der Waals surface area contributed by atoms with Crippen molar-refractivity contribution in [2.24, 2.45) is 5.73 Å². The largest absolute Gasteiger partial charge is 0.486 e. The molecule has 2 rings (SSSR count). The van der Waals surface area contributed by atoms with E-state index in [1.165, 1.54) is 24.3 Å². The Hall–Kier alpha value is -1.59. The van der Waals surface area contributed by atoms with Crippen molar-refractivity contribution >= 4 is 33.4 Å².